The number of hydrogen-bond donors (Lipinski definition) is 2. The lowest BCUT2D eigenvalue weighted by Gasteiger charge is -2.58. The standard InChI is InChI=1S/C23H31N3O3/c1-15(2)6-5-7-17-8-10-18(11-9-17)22-19-12-25(23(29)24-16(3)4)13-21(28)26(19)20(22)14-27/h8-11,15-16,19-20,22,27H,6,12-14H2,1-4H3,(H,24,29)/t19-,20+,22+/m1/s1. The fourth-order valence-corrected chi connectivity index (χ4v) is 4.14. The van der Waals surface area contributed by atoms with E-state index >= 15 is 0 Å². The molecule has 2 heterocycles. The molecule has 156 valence electrons. The molecule has 0 radical (unpaired) electrons. The van der Waals surface area contributed by atoms with E-state index in [1.54, 1.807) is 9.80 Å². The van der Waals surface area contributed by atoms with Crippen molar-refractivity contribution >= 4 is 11.9 Å². The summed E-state index contributed by atoms with van der Waals surface area (Å²) in [6.45, 7) is 8.53. The number of urea groups is 1. The molecule has 0 spiro atoms. The minimum atomic E-state index is -0.235. The van der Waals surface area contributed by atoms with E-state index in [4.69, 9.17) is 0 Å². The van der Waals surface area contributed by atoms with Gasteiger partial charge in [0.2, 0.25) is 5.91 Å². The summed E-state index contributed by atoms with van der Waals surface area (Å²) in [4.78, 5) is 28.3. The Morgan fingerprint density at radius 3 is 2.52 bits per heavy atom. The Labute approximate surface area is 173 Å². The van der Waals surface area contributed by atoms with E-state index in [9.17, 15) is 14.7 Å². The first-order valence-electron chi connectivity index (χ1n) is 10.4. The molecule has 0 aliphatic carbocycles. The predicted molar refractivity (Wildman–Crippen MR) is 112 cm³/mol. The Hall–Kier alpha value is -2.52. The topological polar surface area (TPSA) is 72.9 Å². The van der Waals surface area contributed by atoms with E-state index in [2.05, 4.69) is 31.0 Å². The molecule has 3 amide bonds. The highest BCUT2D eigenvalue weighted by molar-refractivity contribution is 5.87. The summed E-state index contributed by atoms with van der Waals surface area (Å²) >= 11 is 0. The molecule has 6 heteroatoms. The minimum absolute atomic E-state index is 0.0104. The fourth-order valence-electron chi connectivity index (χ4n) is 4.14. The van der Waals surface area contributed by atoms with Crippen molar-refractivity contribution in [3.05, 3.63) is 35.4 Å². The van der Waals surface area contributed by atoms with Crippen molar-refractivity contribution in [1.29, 1.82) is 0 Å². The number of rotatable bonds is 4. The number of aliphatic hydroxyl groups excluding tert-OH is 1. The molecule has 2 fully saturated rings. The molecule has 2 aliphatic heterocycles. The third kappa shape index (κ3) is 4.56. The van der Waals surface area contributed by atoms with Crippen molar-refractivity contribution in [1.82, 2.24) is 15.1 Å². The molecule has 3 atom stereocenters. The van der Waals surface area contributed by atoms with Gasteiger partial charge in [-0.2, -0.15) is 0 Å². The van der Waals surface area contributed by atoms with Crippen molar-refractivity contribution in [2.45, 2.75) is 58.2 Å². The van der Waals surface area contributed by atoms with Gasteiger partial charge in [-0.3, -0.25) is 4.79 Å². The number of piperazine rings is 1. The highest BCUT2D eigenvalue weighted by atomic mass is 16.3. The van der Waals surface area contributed by atoms with Crippen molar-refractivity contribution in [3.8, 4) is 11.8 Å². The zero-order chi connectivity index (χ0) is 21.1. The van der Waals surface area contributed by atoms with Crippen molar-refractivity contribution in [2.75, 3.05) is 19.7 Å². The van der Waals surface area contributed by atoms with E-state index < -0.39 is 0 Å². The number of fused-ring (bicyclic) bond motifs is 1. The van der Waals surface area contributed by atoms with Crippen LogP contribution in [0.25, 0.3) is 0 Å². The number of benzene rings is 1. The van der Waals surface area contributed by atoms with Gasteiger partial charge in [-0.1, -0.05) is 37.8 Å². The summed E-state index contributed by atoms with van der Waals surface area (Å²) in [6, 6.07) is 7.51. The normalized spacial score (nSPS) is 23.4. The summed E-state index contributed by atoms with van der Waals surface area (Å²) in [6.07, 6.45) is 0.865. The first kappa shape index (κ1) is 21.2. The van der Waals surface area contributed by atoms with Crippen LogP contribution in [0.2, 0.25) is 0 Å². The first-order chi connectivity index (χ1) is 13.8. The molecular formula is C23H31N3O3. The van der Waals surface area contributed by atoms with Crippen molar-refractivity contribution < 1.29 is 14.7 Å². The zero-order valence-electron chi connectivity index (χ0n) is 17.7. The summed E-state index contributed by atoms with van der Waals surface area (Å²) in [5.74, 6) is 6.82. The monoisotopic (exact) mass is 397 g/mol. The third-order valence-corrected chi connectivity index (χ3v) is 5.49. The van der Waals surface area contributed by atoms with Crippen LogP contribution in [0.5, 0.6) is 0 Å². The summed E-state index contributed by atoms with van der Waals surface area (Å²) < 4.78 is 0. The van der Waals surface area contributed by atoms with E-state index in [0.717, 1.165) is 17.5 Å². The lowest BCUT2D eigenvalue weighted by atomic mass is 9.73. The summed E-state index contributed by atoms with van der Waals surface area (Å²) in [5, 5.41) is 12.7. The third-order valence-electron chi connectivity index (χ3n) is 5.49. The number of aliphatic hydroxyl groups is 1. The van der Waals surface area contributed by atoms with Crippen LogP contribution in [0.15, 0.2) is 24.3 Å². The maximum atomic E-state index is 12.6. The summed E-state index contributed by atoms with van der Waals surface area (Å²) in [5.41, 5.74) is 2.03. The van der Waals surface area contributed by atoms with E-state index in [1.807, 2.05) is 38.1 Å². The predicted octanol–water partition coefficient (Wildman–Crippen LogP) is 2.17. The van der Waals surface area contributed by atoms with Gasteiger partial charge in [-0.25, -0.2) is 4.79 Å². The average molecular weight is 398 g/mol. The molecule has 3 rings (SSSR count). The van der Waals surface area contributed by atoms with Gasteiger partial charge in [0.25, 0.3) is 0 Å². The number of carbonyl (C=O) groups excluding carboxylic acids is 2. The Kier molecular flexibility index (Phi) is 6.49. The Morgan fingerprint density at radius 2 is 1.93 bits per heavy atom. The molecule has 1 aromatic rings. The maximum absolute atomic E-state index is 12.6. The van der Waals surface area contributed by atoms with E-state index in [0.29, 0.717) is 12.5 Å². The maximum Gasteiger partial charge on any atom is 0.318 e. The SMILES string of the molecule is CC(C)CC#Cc1ccc([C@H]2[C@H]3CN(C(=O)NC(C)C)CC(=O)N3[C@H]2CO)cc1. The Balaban J connectivity index is 1.75. The van der Waals surface area contributed by atoms with Crippen LogP contribution < -0.4 is 5.32 Å². The molecule has 0 aromatic heterocycles. The molecule has 1 aromatic carbocycles. The highest BCUT2D eigenvalue weighted by Crippen LogP contribution is 2.42. The van der Waals surface area contributed by atoms with Gasteiger partial charge in [-0.05, 0) is 37.5 Å². The Bertz CT molecular complexity index is 807. The molecule has 0 bridgehead atoms. The quantitative estimate of drug-likeness (QED) is 0.765. The molecule has 6 nitrogen and oxygen atoms in total. The average Bonchev–Trinajstić information content (AvgIpc) is 2.63. The number of amides is 3. The van der Waals surface area contributed by atoms with Gasteiger partial charge in [0.1, 0.15) is 6.54 Å². The van der Waals surface area contributed by atoms with Crippen LogP contribution in [-0.2, 0) is 4.79 Å². The number of hydrogen-bond acceptors (Lipinski definition) is 3. The van der Waals surface area contributed by atoms with E-state index in [1.165, 1.54) is 0 Å². The first-order valence-corrected chi connectivity index (χ1v) is 10.4. The van der Waals surface area contributed by atoms with Gasteiger partial charge < -0.3 is 20.2 Å². The molecule has 2 aliphatic rings. The van der Waals surface area contributed by atoms with Crippen LogP contribution in [-0.4, -0.2) is 64.7 Å². The van der Waals surface area contributed by atoms with Gasteiger partial charge >= 0.3 is 6.03 Å². The summed E-state index contributed by atoms with van der Waals surface area (Å²) in [7, 11) is 0. The van der Waals surface area contributed by atoms with Crippen LogP contribution >= 0.6 is 0 Å². The molecule has 0 saturated carbocycles. The van der Waals surface area contributed by atoms with Crippen LogP contribution in [0.1, 0.15) is 51.2 Å². The largest absolute Gasteiger partial charge is 0.394 e. The van der Waals surface area contributed by atoms with Crippen LogP contribution in [0.3, 0.4) is 0 Å². The molecule has 0 unspecified atom stereocenters. The second-order valence-electron chi connectivity index (χ2n) is 8.65. The number of carbonyl (C=O) groups is 2. The number of nitrogens with one attached hydrogen (secondary N) is 1. The molecule has 29 heavy (non-hydrogen) atoms. The second-order valence-corrected chi connectivity index (χ2v) is 8.65. The second kappa shape index (κ2) is 8.87. The van der Waals surface area contributed by atoms with Gasteiger partial charge in [0.15, 0.2) is 0 Å². The minimum Gasteiger partial charge on any atom is -0.394 e. The van der Waals surface area contributed by atoms with Gasteiger partial charge in [-0.15, -0.1) is 0 Å². The lowest BCUT2D eigenvalue weighted by Crippen LogP contribution is -2.74. The zero-order valence-corrected chi connectivity index (χ0v) is 17.7. The van der Waals surface area contributed by atoms with E-state index in [-0.39, 0.29) is 49.1 Å². The smallest absolute Gasteiger partial charge is 0.318 e. The van der Waals surface area contributed by atoms with Crippen molar-refractivity contribution in [2.24, 2.45) is 5.92 Å². The molecule has 2 N–H and O–H groups in total. The highest BCUT2D eigenvalue weighted by Gasteiger charge is 2.54. The van der Waals surface area contributed by atoms with Gasteiger partial charge in [0, 0.05) is 30.5 Å². The lowest BCUT2D eigenvalue weighted by molar-refractivity contribution is -0.159. The van der Waals surface area contributed by atoms with Gasteiger partial charge in [0.05, 0.1) is 18.7 Å². The van der Waals surface area contributed by atoms with Crippen LogP contribution in [0, 0.1) is 17.8 Å². The Morgan fingerprint density at radius 1 is 1.24 bits per heavy atom. The fraction of sp³-hybridized carbons (Fsp3) is 0.565. The number of nitrogens with zero attached hydrogens (tertiary/aromatic N) is 2. The molecule has 2 saturated heterocycles. The van der Waals surface area contributed by atoms with Crippen molar-refractivity contribution in [3.63, 3.8) is 0 Å². The molecular weight excluding hydrogens is 366 g/mol. The van der Waals surface area contributed by atoms with Crippen LogP contribution in [0.4, 0.5) is 4.79 Å².